The number of carbonyl (C=O) groups is 1. The average Bonchev–Trinajstić information content (AvgIpc) is 3.26. The molecule has 4 aliphatic rings. The first-order valence-electron chi connectivity index (χ1n) is 16.0. The summed E-state index contributed by atoms with van der Waals surface area (Å²) in [7, 11) is 0. The molecule has 4 aliphatic carbocycles. The molecule has 8 atom stereocenters. The van der Waals surface area contributed by atoms with Gasteiger partial charge in [0.1, 0.15) is 6.10 Å². The molecule has 4 rings (SSSR count). The van der Waals surface area contributed by atoms with E-state index in [0.717, 1.165) is 54.8 Å². The number of carbonyl (C=O) groups excluding carboxylic acids is 1. The van der Waals surface area contributed by atoms with E-state index >= 15 is 0 Å². The number of amides is 1. The third-order valence-corrected chi connectivity index (χ3v) is 11.8. The Bertz CT molecular complexity index is 958. The monoisotopic (exact) mass is 535 g/mol. The van der Waals surface area contributed by atoms with Gasteiger partial charge in [-0.2, -0.15) is 10.5 Å². The van der Waals surface area contributed by atoms with Crippen LogP contribution in [0.4, 0.5) is 4.79 Å². The fourth-order valence-electron chi connectivity index (χ4n) is 9.63. The maximum absolute atomic E-state index is 12.9. The molecule has 0 heterocycles. The van der Waals surface area contributed by atoms with Gasteiger partial charge < -0.3 is 9.64 Å². The second-order valence-corrected chi connectivity index (χ2v) is 14.3. The Kier molecular flexibility index (Phi) is 9.73. The number of rotatable bonds is 10. The van der Waals surface area contributed by atoms with Crippen LogP contribution in [0.1, 0.15) is 118 Å². The molecule has 0 N–H and O–H groups in total. The lowest BCUT2D eigenvalue weighted by molar-refractivity contribution is -0.0593. The minimum atomic E-state index is -0.365. The van der Waals surface area contributed by atoms with Crippen molar-refractivity contribution in [3.63, 3.8) is 0 Å². The molecule has 0 aliphatic heterocycles. The molecule has 0 saturated heterocycles. The summed E-state index contributed by atoms with van der Waals surface area (Å²) < 4.78 is 5.98. The number of fused-ring (bicyclic) bond motifs is 5. The number of nitriles is 2. The van der Waals surface area contributed by atoms with Crippen LogP contribution in [0.15, 0.2) is 11.6 Å². The van der Waals surface area contributed by atoms with Crippen molar-refractivity contribution in [2.45, 2.75) is 124 Å². The molecule has 5 heteroatoms. The number of hydrogen-bond donors (Lipinski definition) is 0. The lowest BCUT2D eigenvalue weighted by Gasteiger charge is -2.58. The summed E-state index contributed by atoms with van der Waals surface area (Å²) in [6.07, 6.45) is 16.3. The van der Waals surface area contributed by atoms with Crippen LogP contribution in [0.3, 0.4) is 0 Å². The molecular formula is C34H53N3O2. The maximum Gasteiger partial charge on any atom is 0.410 e. The van der Waals surface area contributed by atoms with Crippen LogP contribution in [0.25, 0.3) is 0 Å². The highest BCUT2D eigenvalue weighted by Gasteiger charge is 2.59. The van der Waals surface area contributed by atoms with Crippen molar-refractivity contribution in [3.05, 3.63) is 11.6 Å². The lowest BCUT2D eigenvalue weighted by Crippen LogP contribution is -2.51. The van der Waals surface area contributed by atoms with Crippen molar-refractivity contribution in [3.8, 4) is 12.1 Å². The Labute approximate surface area is 238 Å². The van der Waals surface area contributed by atoms with Crippen LogP contribution in [-0.2, 0) is 4.74 Å². The van der Waals surface area contributed by atoms with Gasteiger partial charge in [-0.3, -0.25) is 0 Å². The Morgan fingerprint density at radius 2 is 1.74 bits per heavy atom. The largest absolute Gasteiger partial charge is 0.446 e. The molecule has 3 fully saturated rings. The fourth-order valence-corrected chi connectivity index (χ4v) is 9.63. The predicted octanol–water partition coefficient (Wildman–Crippen LogP) is 8.66. The zero-order chi connectivity index (χ0) is 28.2. The Morgan fingerprint density at radius 1 is 1.03 bits per heavy atom. The van der Waals surface area contributed by atoms with Gasteiger partial charge in [-0.25, -0.2) is 4.79 Å². The van der Waals surface area contributed by atoms with Gasteiger partial charge in [-0.05, 0) is 91.3 Å². The van der Waals surface area contributed by atoms with Gasteiger partial charge >= 0.3 is 6.09 Å². The molecule has 5 nitrogen and oxygen atoms in total. The van der Waals surface area contributed by atoms with Gasteiger partial charge in [0.25, 0.3) is 0 Å². The summed E-state index contributed by atoms with van der Waals surface area (Å²) in [6.45, 7) is 13.1. The van der Waals surface area contributed by atoms with Crippen LogP contribution in [0.5, 0.6) is 0 Å². The zero-order valence-corrected chi connectivity index (χ0v) is 25.4. The molecule has 0 aromatic carbocycles. The molecule has 1 amide bonds. The van der Waals surface area contributed by atoms with Gasteiger partial charge in [0, 0.05) is 19.5 Å². The van der Waals surface area contributed by atoms with Crippen LogP contribution < -0.4 is 0 Å². The van der Waals surface area contributed by atoms with Crippen molar-refractivity contribution >= 4 is 6.09 Å². The van der Waals surface area contributed by atoms with Crippen molar-refractivity contribution < 1.29 is 9.53 Å². The molecule has 0 unspecified atom stereocenters. The molecule has 0 spiro atoms. The molecule has 0 aromatic heterocycles. The average molecular weight is 536 g/mol. The lowest BCUT2D eigenvalue weighted by atomic mass is 9.47. The fraction of sp³-hybridized carbons (Fsp3) is 0.853. The number of ether oxygens (including phenoxy) is 1. The van der Waals surface area contributed by atoms with E-state index in [1.54, 1.807) is 0 Å². The molecular weight excluding hydrogens is 482 g/mol. The highest BCUT2D eigenvalue weighted by Crippen LogP contribution is 2.67. The van der Waals surface area contributed by atoms with E-state index in [1.165, 1.54) is 61.8 Å². The molecule has 0 bridgehead atoms. The second kappa shape index (κ2) is 12.7. The van der Waals surface area contributed by atoms with Crippen molar-refractivity contribution in [1.29, 1.82) is 10.5 Å². The first-order valence-corrected chi connectivity index (χ1v) is 16.0. The third-order valence-electron chi connectivity index (χ3n) is 11.8. The standard InChI is InChI=1S/C34H53N3O2/c1-24(2)9-6-10-25(3)29-13-14-30-28-12-11-26-23-27(39-32(38)37(21-7-19-35)22-8-20-36)15-17-33(26,4)31(28)16-18-34(29,30)5/h11,24-25,27-31H,6-10,12-18,21-23H2,1-5H3/t25-,27+,28-,29+,30-,31-,33-,34+/m0/s1. The molecule has 0 aromatic rings. The van der Waals surface area contributed by atoms with Gasteiger partial charge in [0.2, 0.25) is 0 Å². The van der Waals surface area contributed by atoms with E-state index in [4.69, 9.17) is 15.3 Å². The topological polar surface area (TPSA) is 77.1 Å². The summed E-state index contributed by atoms with van der Waals surface area (Å²) in [5, 5.41) is 17.9. The van der Waals surface area contributed by atoms with Gasteiger partial charge in [-0.1, -0.05) is 65.5 Å². The van der Waals surface area contributed by atoms with Crippen LogP contribution in [0, 0.1) is 69.0 Å². The van der Waals surface area contributed by atoms with Gasteiger partial charge in [0.15, 0.2) is 0 Å². The highest BCUT2D eigenvalue weighted by atomic mass is 16.6. The molecule has 3 saturated carbocycles. The van der Waals surface area contributed by atoms with E-state index in [2.05, 4.69) is 52.8 Å². The first kappa shape index (κ1) is 30.0. The van der Waals surface area contributed by atoms with Gasteiger partial charge in [0.05, 0.1) is 25.0 Å². The second-order valence-electron chi connectivity index (χ2n) is 14.3. The zero-order valence-electron chi connectivity index (χ0n) is 25.4. The van der Waals surface area contributed by atoms with Crippen molar-refractivity contribution in [1.82, 2.24) is 4.90 Å². The minimum Gasteiger partial charge on any atom is -0.446 e. The predicted molar refractivity (Wildman–Crippen MR) is 155 cm³/mol. The van der Waals surface area contributed by atoms with Crippen LogP contribution in [-0.4, -0.2) is 30.2 Å². The Morgan fingerprint density at radius 3 is 2.41 bits per heavy atom. The molecule has 39 heavy (non-hydrogen) atoms. The Balaban J connectivity index is 1.40. The quantitative estimate of drug-likeness (QED) is 0.262. The van der Waals surface area contributed by atoms with E-state index in [-0.39, 0.29) is 30.5 Å². The van der Waals surface area contributed by atoms with Crippen molar-refractivity contribution in [2.24, 2.45) is 46.3 Å². The van der Waals surface area contributed by atoms with Gasteiger partial charge in [-0.15, -0.1) is 0 Å². The SMILES string of the molecule is CC(C)CCC[C@H](C)[C@H]1CC[C@H]2[C@@H]3CC=C4C[C@H](OC(=O)N(CCC#N)CCC#N)CC[C@]4(C)[C@H]3CC[C@]12C. The van der Waals surface area contributed by atoms with E-state index < -0.39 is 0 Å². The van der Waals surface area contributed by atoms with Crippen LogP contribution in [0.2, 0.25) is 0 Å². The normalized spacial score (nSPS) is 36.0. The molecule has 0 radical (unpaired) electrons. The summed E-state index contributed by atoms with van der Waals surface area (Å²) >= 11 is 0. The van der Waals surface area contributed by atoms with E-state index in [0.29, 0.717) is 18.5 Å². The molecule has 216 valence electrons. The number of allylic oxidation sites excluding steroid dienone is 1. The van der Waals surface area contributed by atoms with Crippen molar-refractivity contribution in [2.75, 3.05) is 13.1 Å². The summed E-state index contributed by atoms with van der Waals surface area (Å²) in [5.74, 6) is 4.95. The van der Waals surface area contributed by atoms with Crippen LogP contribution >= 0.6 is 0 Å². The summed E-state index contributed by atoms with van der Waals surface area (Å²) in [6, 6.07) is 4.20. The Hall–Kier alpha value is -2.01. The number of nitrogens with zero attached hydrogens (tertiary/aromatic N) is 3. The first-order chi connectivity index (χ1) is 18.6. The highest BCUT2D eigenvalue weighted by molar-refractivity contribution is 5.68. The van der Waals surface area contributed by atoms with E-state index in [1.807, 2.05) is 0 Å². The summed E-state index contributed by atoms with van der Waals surface area (Å²) in [5.41, 5.74) is 2.26. The number of hydrogen-bond acceptors (Lipinski definition) is 4. The smallest absolute Gasteiger partial charge is 0.410 e. The maximum atomic E-state index is 12.9. The third kappa shape index (κ3) is 6.19. The minimum absolute atomic E-state index is 0.101. The van der Waals surface area contributed by atoms with E-state index in [9.17, 15) is 4.79 Å². The summed E-state index contributed by atoms with van der Waals surface area (Å²) in [4.78, 5) is 14.4.